The van der Waals surface area contributed by atoms with Crippen LogP contribution in [0.4, 0.5) is 0 Å². The van der Waals surface area contributed by atoms with E-state index in [0.717, 1.165) is 0 Å². The molecule has 0 saturated carbocycles. The third-order valence-corrected chi connectivity index (χ3v) is 9.68. The molecular formula is C36H37ClN4O10S2. The van der Waals surface area contributed by atoms with E-state index in [0.29, 0.717) is 53.0 Å². The SMILES string of the molecule is CSc1nccc(O[C@H]2CO[C@H]3[C@@H]2OC[C@@H]3O)n1.CSc1nccc(O[C@H]2CO[C@H]3[C@@H]2OC[C@@H]3OC(=O)c2ccccc2)n1.O=C(Cl)c1ccccc1. The highest BCUT2D eigenvalue weighted by atomic mass is 35.5. The van der Waals surface area contributed by atoms with Crippen molar-refractivity contribution in [2.75, 3.05) is 38.9 Å². The molecule has 4 saturated heterocycles. The summed E-state index contributed by atoms with van der Waals surface area (Å²) in [6.07, 6.45) is 4.46. The molecular weight excluding hydrogens is 748 g/mol. The van der Waals surface area contributed by atoms with Gasteiger partial charge in [0.15, 0.2) is 28.6 Å². The molecule has 4 aliphatic heterocycles. The quantitative estimate of drug-likeness (QED) is 0.111. The molecule has 4 aliphatic rings. The van der Waals surface area contributed by atoms with Gasteiger partial charge in [0, 0.05) is 30.1 Å². The van der Waals surface area contributed by atoms with Crippen LogP contribution in [0.15, 0.2) is 95.5 Å². The fourth-order valence-corrected chi connectivity index (χ4v) is 6.63. The van der Waals surface area contributed by atoms with Gasteiger partial charge in [-0.3, -0.25) is 4.79 Å². The minimum absolute atomic E-state index is 0.215. The third-order valence-electron chi connectivity index (χ3n) is 8.34. The first kappa shape index (κ1) is 38.8. The van der Waals surface area contributed by atoms with E-state index in [1.165, 1.54) is 23.5 Å². The summed E-state index contributed by atoms with van der Waals surface area (Å²) >= 11 is 8.06. The van der Waals surface area contributed by atoms with Gasteiger partial charge in [0.05, 0.1) is 32.0 Å². The Labute approximate surface area is 319 Å². The monoisotopic (exact) mass is 784 g/mol. The Bertz CT molecular complexity index is 1800. The van der Waals surface area contributed by atoms with Crippen molar-refractivity contribution < 1.29 is 47.9 Å². The molecule has 6 heterocycles. The first-order valence-corrected chi connectivity index (χ1v) is 19.4. The van der Waals surface area contributed by atoms with Crippen LogP contribution in [0, 0.1) is 0 Å². The van der Waals surface area contributed by atoms with Crippen molar-refractivity contribution in [1.82, 2.24) is 19.9 Å². The molecule has 53 heavy (non-hydrogen) atoms. The van der Waals surface area contributed by atoms with E-state index < -0.39 is 17.5 Å². The van der Waals surface area contributed by atoms with Crippen LogP contribution in [0.1, 0.15) is 20.7 Å². The zero-order chi connectivity index (χ0) is 37.2. The number of carbonyl (C=O) groups excluding carboxylic acids is 2. The van der Waals surface area contributed by atoms with Crippen LogP contribution in [0.5, 0.6) is 11.8 Å². The topological polar surface area (TPSA) is 171 Å². The summed E-state index contributed by atoms with van der Waals surface area (Å²) in [5, 5.41) is 10.5. The number of hydrogen-bond donors (Lipinski definition) is 1. The summed E-state index contributed by atoms with van der Waals surface area (Å²) in [6, 6.07) is 21.0. The van der Waals surface area contributed by atoms with E-state index in [2.05, 4.69) is 19.9 Å². The molecule has 280 valence electrons. The minimum atomic E-state index is -0.559. The van der Waals surface area contributed by atoms with Gasteiger partial charge in [0.25, 0.3) is 5.24 Å². The Morgan fingerprint density at radius 2 is 1.11 bits per heavy atom. The van der Waals surface area contributed by atoms with Crippen molar-refractivity contribution in [2.45, 2.75) is 59.1 Å². The van der Waals surface area contributed by atoms with Gasteiger partial charge in [0.1, 0.15) is 30.5 Å². The van der Waals surface area contributed by atoms with Gasteiger partial charge in [0.2, 0.25) is 11.8 Å². The van der Waals surface area contributed by atoms with Crippen LogP contribution in [0.2, 0.25) is 0 Å². The first-order valence-electron chi connectivity index (χ1n) is 16.6. The molecule has 8 rings (SSSR count). The highest BCUT2D eigenvalue weighted by Crippen LogP contribution is 2.32. The maximum absolute atomic E-state index is 12.2. The van der Waals surface area contributed by atoms with E-state index in [-0.39, 0.29) is 49.2 Å². The van der Waals surface area contributed by atoms with Gasteiger partial charge in [-0.15, -0.1) is 0 Å². The van der Waals surface area contributed by atoms with Crippen molar-refractivity contribution in [3.8, 4) is 11.8 Å². The van der Waals surface area contributed by atoms with Crippen LogP contribution < -0.4 is 9.47 Å². The van der Waals surface area contributed by atoms with Crippen molar-refractivity contribution >= 4 is 46.3 Å². The molecule has 0 amide bonds. The Morgan fingerprint density at radius 1 is 0.660 bits per heavy atom. The number of rotatable bonds is 9. The fourth-order valence-electron chi connectivity index (χ4n) is 5.81. The molecule has 2 aromatic heterocycles. The predicted octanol–water partition coefficient (Wildman–Crippen LogP) is 4.14. The summed E-state index contributed by atoms with van der Waals surface area (Å²) in [5.74, 6) is 0.605. The maximum Gasteiger partial charge on any atom is 0.338 e. The largest absolute Gasteiger partial charge is 0.469 e. The van der Waals surface area contributed by atoms with E-state index in [4.69, 9.17) is 44.8 Å². The highest BCUT2D eigenvalue weighted by molar-refractivity contribution is 7.98. The number of aromatic nitrogens is 4. The van der Waals surface area contributed by atoms with Gasteiger partial charge in [-0.25, -0.2) is 14.8 Å². The molecule has 0 radical (unpaired) electrons. The highest BCUT2D eigenvalue weighted by Gasteiger charge is 2.51. The van der Waals surface area contributed by atoms with Crippen molar-refractivity contribution in [3.05, 3.63) is 96.3 Å². The van der Waals surface area contributed by atoms with Crippen LogP contribution in [0.25, 0.3) is 0 Å². The van der Waals surface area contributed by atoms with Crippen LogP contribution in [0.3, 0.4) is 0 Å². The average Bonchev–Trinajstić information content (AvgIpc) is 3.99. The second kappa shape index (κ2) is 18.9. The number of halogens is 1. The molecule has 14 nitrogen and oxygen atoms in total. The van der Waals surface area contributed by atoms with E-state index in [1.54, 1.807) is 73.1 Å². The second-order valence-corrected chi connectivity index (χ2v) is 13.7. The molecule has 0 bridgehead atoms. The lowest BCUT2D eigenvalue weighted by Gasteiger charge is -2.17. The molecule has 4 fully saturated rings. The molecule has 0 aliphatic carbocycles. The van der Waals surface area contributed by atoms with Gasteiger partial charge in [-0.05, 0) is 36.2 Å². The number of carbonyl (C=O) groups is 2. The van der Waals surface area contributed by atoms with Crippen LogP contribution in [-0.4, -0.2) is 124 Å². The Hall–Kier alpha value is -3.87. The smallest absolute Gasteiger partial charge is 0.338 e. The summed E-state index contributed by atoms with van der Waals surface area (Å²) < 4.78 is 39.8. The van der Waals surface area contributed by atoms with E-state index in [9.17, 15) is 14.7 Å². The number of hydrogen-bond acceptors (Lipinski definition) is 16. The fraction of sp³-hybridized carbons (Fsp3) is 0.389. The number of fused-ring (bicyclic) bond motifs is 2. The Balaban J connectivity index is 0.000000153. The third kappa shape index (κ3) is 10.2. The molecule has 0 unspecified atom stereocenters. The van der Waals surface area contributed by atoms with Gasteiger partial charge in [-0.1, -0.05) is 72.1 Å². The van der Waals surface area contributed by atoms with Gasteiger partial charge >= 0.3 is 5.97 Å². The van der Waals surface area contributed by atoms with Crippen LogP contribution in [-0.2, 0) is 23.7 Å². The van der Waals surface area contributed by atoms with Crippen molar-refractivity contribution in [1.29, 1.82) is 0 Å². The number of esters is 1. The Morgan fingerprint density at radius 3 is 1.62 bits per heavy atom. The second-order valence-electron chi connectivity index (χ2n) is 11.8. The normalized spacial score (nSPS) is 26.6. The van der Waals surface area contributed by atoms with Gasteiger partial charge < -0.3 is 38.3 Å². The number of thioether (sulfide) groups is 2. The average molecular weight is 785 g/mol. The summed E-state index contributed by atoms with van der Waals surface area (Å²) in [7, 11) is 0. The molecule has 4 aromatic rings. The molecule has 8 atom stereocenters. The molecule has 17 heteroatoms. The summed E-state index contributed by atoms with van der Waals surface area (Å²) in [6.45, 7) is 1.35. The number of nitrogens with zero attached hydrogens (tertiary/aromatic N) is 4. The summed E-state index contributed by atoms with van der Waals surface area (Å²) in [4.78, 5) is 39.4. The van der Waals surface area contributed by atoms with E-state index in [1.807, 2.05) is 24.6 Å². The number of aliphatic hydroxyl groups excluding tert-OH is 1. The molecule has 1 N–H and O–H groups in total. The van der Waals surface area contributed by atoms with E-state index >= 15 is 0 Å². The zero-order valence-corrected chi connectivity index (χ0v) is 31.0. The standard InChI is InChI=1S/C18H18N2O5S.C11H14N2O4S.C7H5ClO/c1-26-18-19-8-7-14(20-18)24-12-9-22-16-13(10-23-15(12)16)25-17(21)11-5-3-2-4-6-11;1-18-11-12-3-2-8(13-11)17-7-5-16-9-6(14)4-15-10(7)9;8-7(9)6-4-2-1-3-5-6/h2-8,12-13,15-16H,9-10H2,1H3;2-3,6-7,9-10,14H,4-5H2,1H3;1-5H/t12-,13-,15+,16+;6-,7-,9+,10+;/m00./s1. The van der Waals surface area contributed by atoms with Crippen molar-refractivity contribution in [2.24, 2.45) is 0 Å². The minimum Gasteiger partial charge on any atom is -0.469 e. The predicted molar refractivity (Wildman–Crippen MR) is 194 cm³/mol. The molecule has 2 aromatic carbocycles. The first-order chi connectivity index (χ1) is 25.8. The lowest BCUT2D eigenvalue weighted by molar-refractivity contribution is -0.0192. The lowest BCUT2D eigenvalue weighted by Crippen LogP contribution is -2.36. The number of ether oxygens (including phenoxy) is 7. The zero-order valence-electron chi connectivity index (χ0n) is 28.6. The Kier molecular flexibility index (Phi) is 13.9. The van der Waals surface area contributed by atoms with Gasteiger partial charge in [-0.2, -0.15) is 9.97 Å². The molecule has 0 spiro atoms. The van der Waals surface area contributed by atoms with Crippen molar-refractivity contribution in [3.63, 3.8) is 0 Å². The maximum atomic E-state index is 12.2. The lowest BCUT2D eigenvalue weighted by atomic mass is 10.1. The summed E-state index contributed by atoms with van der Waals surface area (Å²) in [5.41, 5.74) is 1.05. The number of benzene rings is 2. The number of aliphatic hydroxyl groups is 1. The van der Waals surface area contributed by atoms with Crippen LogP contribution >= 0.6 is 35.1 Å².